The van der Waals surface area contributed by atoms with Gasteiger partial charge in [0.15, 0.2) is 0 Å². The molecule has 0 saturated heterocycles. The van der Waals surface area contributed by atoms with Crippen molar-refractivity contribution >= 4 is 33.3 Å². The van der Waals surface area contributed by atoms with Crippen LogP contribution in [0, 0.1) is 0 Å². The Balaban J connectivity index is 1.89. The van der Waals surface area contributed by atoms with Gasteiger partial charge >= 0.3 is 5.97 Å². The minimum absolute atomic E-state index is 0.0148. The normalized spacial score (nSPS) is 11.0. The lowest BCUT2D eigenvalue weighted by Gasteiger charge is -2.11. The van der Waals surface area contributed by atoms with Crippen LogP contribution in [0.3, 0.4) is 0 Å². The number of nitrogens with one attached hydrogen (secondary N) is 1. The fourth-order valence-corrected chi connectivity index (χ4v) is 2.78. The average Bonchev–Trinajstić information content (AvgIpc) is 2.67. The Morgan fingerprint density at radius 1 is 1.07 bits per heavy atom. The van der Waals surface area contributed by atoms with Gasteiger partial charge in [0.2, 0.25) is 15.9 Å². The molecule has 1 amide bonds. The molecule has 0 atom stereocenters. The number of nitrogens with two attached hydrogens (primary N) is 2. The predicted molar refractivity (Wildman–Crippen MR) is 108 cm³/mol. The number of hydrogen-bond donors (Lipinski definition) is 3. The summed E-state index contributed by atoms with van der Waals surface area (Å²) in [6, 6.07) is 10.0. The Morgan fingerprint density at radius 3 is 2.38 bits per heavy atom. The number of benzene rings is 2. The van der Waals surface area contributed by atoms with E-state index in [1.54, 1.807) is 0 Å². The van der Waals surface area contributed by atoms with Gasteiger partial charge in [0, 0.05) is 5.69 Å². The van der Waals surface area contributed by atoms with Gasteiger partial charge in [-0.3, -0.25) is 4.79 Å². The summed E-state index contributed by atoms with van der Waals surface area (Å²) in [6.07, 6.45) is 0.727. The summed E-state index contributed by atoms with van der Waals surface area (Å²) in [7, 11) is -3.79. The van der Waals surface area contributed by atoms with E-state index in [-0.39, 0.29) is 29.6 Å². The molecule has 29 heavy (non-hydrogen) atoms. The van der Waals surface area contributed by atoms with E-state index < -0.39 is 16.0 Å². The summed E-state index contributed by atoms with van der Waals surface area (Å²) < 4.78 is 33.0. The molecule has 0 aromatic heterocycles. The molecule has 2 aromatic rings. The monoisotopic (exact) mass is 421 g/mol. The van der Waals surface area contributed by atoms with Crippen molar-refractivity contribution in [2.24, 2.45) is 5.14 Å². The SMILES string of the molecule is CCCOC(=O)c1ccc(N)c(OCCC(=O)Nc2ccc(S(N)(=O)=O)cc2)c1. The van der Waals surface area contributed by atoms with Crippen molar-refractivity contribution in [2.75, 3.05) is 24.3 Å². The topological polar surface area (TPSA) is 151 Å². The molecule has 156 valence electrons. The Labute approximate surface area is 169 Å². The first-order chi connectivity index (χ1) is 13.7. The molecule has 0 saturated carbocycles. The molecule has 9 nitrogen and oxygen atoms in total. The molecule has 0 aliphatic rings. The van der Waals surface area contributed by atoms with Crippen LogP contribution in [0.2, 0.25) is 0 Å². The molecule has 0 aliphatic heterocycles. The van der Waals surface area contributed by atoms with E-state index in [2.05, 4.69) is 5.32 Å². The molecular formula is C19H23N3O6S. The number of anilines is 2. The van der Waals surface area contributed by atoms with Gasteiger partial charge in [0.05, 0.1) is 35.8 Å². The standard InChI is InChI=1S/C19H23N3O6S/c1-2-10-28-19(24)13-3-8-16(20)17(12-13)27-11-9-18(23)22-14-4-6-15(7-5-14)29(21,25)26/h3-8,12H,2,9-11,20H2,1H3,(H,22,23)(H2,21,25,26). The third-order valence-corrected chi connectivity index (χ3v) is 4.67. The number of nitrogen functional groups attached to an aromatic ring is 1. The van der Waals surface area contributed by atoms with Gasteiger partial charge in [-0.25, -0.2) is 18.4 Å². The zero-order chi connectivity index (χ0) is 21.4. The predicted octanol–water partition coefficient (Wildman–Crippen LogP) is 1.89. The van der Waals surface area contributed by atoms with Crippen LogP contribution in [-0.4, -0.2) is 33.5 Å². The number of esters is 1. The number of ether oxygens (including phenoxy) is 2. The van der Waals surface area contributed by atoms with Crippen molar-refractivity contribution in [1.29, 1.82) is 0 Å². The van der Waals surface area contributed by atoms with Crippen molar-refractivity contribution in [1.82, 2.24) is 0 Å². The number of amides is 1. The number of primary sulfonamides is 1. The van der Waals surface area contributed by atoms with Gasteiger partial charge in [0.1, 0.15) is 5.75 Å². The second-order valence-electron chi connectivity index (χ2n) is 6.10. The minimum Gasteiger partial charge on any atom is -0.491 e. The van der Waals surface area contributed by atoms with Crippen molar-refractivity contribution in [3.05, 3.63) is 48.0 Å². The number of carbonyl (C=O) groups excluding carboxylic acids is 2. The molecule has 0 spiro atoms. The van der Waals surface area contributed by atoms with E-state index in [0.29, 0.717) is 30.0 Å². The highest BCUT2D eigenvalue weighted by molar-refractivity contribution is 7.89. The van der Waals surface area contributed by atoms with Crippen LogP contribution in [0.4, 0.5) is 11.4 Å². The molecule has 0 bridgehead atoms. The lowest BCUT2D eigenvalue weighted by Crippen LogP contribution is -2.16. The lowest BCUT2D eigenvalue weighted by molar-refractivity contribution is -0.116. The van der Waals surface area contributed by atoms with E-state index in [4.69, 9.17) is 20.3 Å². The number of rotatable bonds is 9. The maximum atomic E-state index is 12.0. The van der Waals surface area contributed by atoms with Gasteiger partial charge in [0.25, 0.3) is 0 Å². The Kier molecular flexibility index (Phi) is 7.57. The third-order valence-electron chi connectivity index (χ3n) is 3.74. The Morgan fingerprint density at radius 2 is 1.76 bits per heavy atom. The molecule has 0 heterocycles. The van der Waals surface area contributed by atoms with E-state index in [1.807, 2.05) is 6.92 Å². The van der Waals surface area contributed by atoms with Gasteiger partial charge in [-0.1, -0.05) is 6.92 Å². The number of hydrogen-bond acceptors (Lipinski definition) is 7. The zero-order valence-corrected chi connectivity index (χ0v) is 16.7. The molecule has 0 fully saturated rings. The average molecular weight is 421 g/mol. The Bertz CT molecular complexity index is 974. The van der Waals surface area contributed by atoms with Gasteiger partial charge in [-0.15, -0.1) is 0 Å². The van der Waals surface area contributed by atoms with E-state index in [9.17, 15) is 18.0 Å². The van der Waals surface area contributed by atoms with Crippen molar-refractivity contribution in [3.8, 4) is 5.75 Å². The summed E-state index contributed by atoms with van der Waals surface area (Å²) in [5.41, 5.74) is 6.90. The maximum Gasteiger partial charge on any atom is 0.338 e. The van der Waals surface area contributed by atoms with Crippen LogP contribution in [0.25, 0.3) is 0 Å². The van der Waals surface area contributed by atoms with Crippen LogP contribution in [0.1, 0.15) is 30.1 Å². The summed E-state index contributed by atoms with van der Waals surface area (Å²) in [5.74, 6) is -0.538. The highest BCUT2D eigenvalue weighted by atomic mass is 32.2. The summed E-state index contributed by atoms with van der Waals surface area (Å²) in [5, 5.41) is 7.64. The van der Waals surface area contributed by atoms with Crippen LogP contribution in [-0.2, 0) is 19.6 Å². The smallest absolute Gasteiger partial charge is 0.338 e. The molecule has 0 unspecified atom stereocenters. The first kappa shape index (κ1) is 22.2. The fraction of sp³-hybridized carbons (Fsp3) is 0.263. The van der Waals surface area contributed by atoms with Gasteiger partial charge in [-0.05, 0) is 48.9 Å². The van der Waals surface area contributed by atoms with E-state index in [0.717, 1.165) is 0 Å². The van der Waals surface area contributed by atoms with Crippen LogP contribution in [0.15, 0.2) is 47.4 Å². The summed E-state index contributed by atoms with van der Waals surface area (Å²) >= 11 is 0. The Hall–Kier alpha value is -3.11. The quantitative estimate of drug-likeness (QED) is 0.413. The largest absolute Gasteiger partial charge is 0.491 e. The van der Waals surface area contributed by atoms with Crippen LogP contribution >= 0.6 is 0 Å². The molecule has 2 aromatic carbocycles. The van der Waals surface area contributed by atoms with Crippen LogP contribution < -0.4 is 20.9 Å². The lowest BCUT2D eigenvalue weighted by atomic mass is 10.2. The highest BCUT2D eigenvalue weighted by Crippen LogP contribution is 2.23. The second kappa shape index (κ2) is 9.89. The molecule has 0 radical (unpaired) electrons. The molecule has 0 aliphatic carbocycles. The van der Waals surface area contributed by atoms with E-state index >= 15 is 0 Å². The highest BCUT2D eigenvalue weighted by Gasteiger charge is 2.12. The maximum absolute atomic E-state index is 12.0. The summed E-state index contributed by atoms with van der Waals surface area (Å²) in [4.78, 5) is 23.9. The van der Waals surface area contributed by atoms with E-state index in [1.165, 1.54) is 42.5 Å². The third kappa shape index (κ3) is 6.77. The van der Waals surface area contributed by atoms with Gasteiger partial charge in [-0.2, -0.15) is 0 Å². The molecule has 5 N–H and O–H groups in total. The molecule has 10 heteroatoms. The van der Waals surface area contributed by atoms with Crippen molar-refractivity contribution in [2.45, 2.75) is 24.7 Å². The number of carbonyl (C=O) groups is 2. The van der Waals surface area contributed by atoms with Crippen molar-refractivity contribution in [3.63, 3.8) is 0 Å². The zero-order valence-electron chi connectivity index (χ0n) is 15.9. The van der Waals surface area contributed by atoms with Crippen molar-refractivity contribution < 1.29 is 27.5 Å². The number of sulfonamides is 1. The van der Waals surface area contributed by atoms with Gasteiger partial charge < -0.3 is 20.5 Å². The summed E-state index contributed by atoms with van der Waals surface area (Å²) in [6.45, 7) is 2.24. The minimum atomic E-state index is -3.79. The second-order valence-corrected chi connectivity index (χ2v) is 7.67. The first-order valence-corrected chi connectivity index (χ1v) is 10.4. The fourth-order valence-electron chi connectivity index (χ4n) is 2.27. The molecular weight excluding hydrogens is 398 g/mol. The van der Waals surface area contributed by atoms with Crippen LogP contribution in [0.5, 0.6) is 5.75 Å². The first-order valence-electron chi connectivity index (χ1n) is 8.83. The molecule has 2 rings (SSSR count).